The molecule has 1 aliphatic heterocycles. The Morgan fingerprint density at radius 2 is 1.71 bits per heavy atom. The molecule has 2 aromatic carbocycles. The lowest BCUT2D eigenvalue weighted by Gasteiger charge is -2.20. The minimum absolute atomic E-state index is 0.00131. The number of rotatable bonds is 8. The van der Waals surface area contributed by atoms with Gasteiger partial charge in [-0.1, -0.05) is 29.7 Å². The van der Waals surface area contributed by atoms with E-state index in [0.29, 0.717) is 23.1 Å². The van der Waals surface area contributed by atoms with E-state index in [-0.39, 0.29) is 53.7 Å². The number of aromatic nitrogens is 1. The third-order valence-electron chi connectivity index (χ3n) is 5.56. The van der Waals surface area contributed by atoms with Gasteiger partial charge >= 0.3 is 5.97 Å². The second-order valence-corrected chi connectivity index (χ2v) is 8.41. The molecule has 0 saturated carbocycles. The fourth-order valence-electron chi connectivity index (χ4n) is 3.87. The summed E-state index contributed by atoms with van der Waals surface area (Å²) in [5, 5.41) is 3.07. The highest BCUT2D eigenvalue weighted by Gasteiger charge is 2.34. The van der Waals surface area contributed by atoms with Crippen LogP contribution in [-0.2, 0) is 11.2 Å². The number of amides is 2. The molecule has 176 valence electrons. The van der Waals surface area contributed by atoms with Crippen LogP contribution in [0.3, 0.4) is 0 Å². The first-order valence-electron chi connectivity index (χ1n) is 11.2. The highest BCUT2D eigenvalue weighted by Crippen LogP contribution is 2.22. The van der Waals surface area contributed by atoms with Crippen molar-refractivity contribution in [3.8, 4) is 0 Å². The van der Waals surface area contributed by atoms with Crippen LogP contribution in [-0.4, -0.2) is 54.7 Å². The molecule has 2 amide bonds. The molecular weight excluding hydrogens is 448 g/mol. The number of halogens is 1. The number of imide groups is 1. The molecule has 2 heterocycles. The molecule has 0 bridgehead atoms. The molecule has 0 saturated heterocycles. The Morgan fingerprint density at radius 1 is 1.09 bits per heavy atom. The van der Waals surface area contributed by atoms with Crippen molar-refractivity contribution in [1.82, 2.24) is 9.88 Å². The van der Waals surface area contributed by atoms with E-state index in [9.17, 15) is 18.8 Å². The van der Waals surface area contributed by atoms with Crippen molar-refractivity contribution in [2.24, 2.45) is 0 Å². The molecule has 0 spiro atoms. The van der Waals surface area contributed by atoms with Gasteiger partial charge in [-0.15, -0.1) is 0 Å². The summed E-state index contributed by atoms with van der Waals surface area (Å²) in [6.07, 6.45) is 1.49. The van der Waals surface area contributed by atoms with Crippen molar-refractivity contribution in [3.05, 3.63) is 88.5 Å². The number of hydrogen-bond acceptors (Lipinski definition) is 6. The Bertz CT molecular complexity index is 1260. The fourth-order valence-corrected chi connectivity index (χ4v) is 3.87. The number of carbonyl (C=O) groups excluding carboxylic acids is 3. The number of ether oxygens (including phenoxy) is 1. The zero-order valence-corrected chi connectivity index (χ0v) is 19.4. The Morgan fingerprint density at radius 3 is 2.31 bits per heavy atom. The quantitative estimate of drug-likeness (QED) is 0.309. The molecular formula is C26H23BFN3O4. The number of benzene rings is 2. The second kappa shape index (κ2) is 10.1. The lowest BCUT2D eigenvalue weighted by Crippen LogP contribution is -2.35. The Hall–Kier alpha value is -4.01. The van der Waals surface area contributed by atoms with Crippen LogP contribution in [0, 0.1) is 5.82 Å². The Labute approximate surface area is 203 Å². The van der Waals surface area contributed by atoms with E-state index >= 15 is 0 Å². The van der Waals surface area contributed by atoms with Crippen LogP contribution < -0.4 is 10.8 Å². The highest BCUT2D eigenvalue weighted by atomic mass is 19.1. The number of pyridine rings is 1. The van der Waals surface area contributed by atoms with Crippen LogP contribution in [0.25, 0.3) is 0 Å². The minimum atomic E-state index is -0.650. The van der Waals surface area contributed by atoms with Gasteiger partial charge < -0.3 is 10.1 Å². The van der Waals surface area contributed by atoms with Crippen LogP contribution in [0.15, 0.2) is 54.7 Å². The van der Waals surface area contributed by atoms with Gasteiger partial charge in [0.2, 0.25) is 0 Å². The summed E-state index contributed by atoms with van der Waals surface area (Å²) in [5.41, 5.74) is 2.70. The molecule has 4 rings (SSSR count). The number of nitrogens with zero attached hydrogens (tertiary/aromatic N) is 2. The van der Waals surface area contributed by atoms with Crippen LogP contribution in [0.5, 0.6) is 0 Å². The van der Waals surface area contributed by atoms with Gasteiger partial charge in [-0.2, -0.15) is 0 Å². The van der Waals surface area contributed by atoms with Crippen molar-refractivity contribution in [2.75, 3.05) is 18.4 Å². The number of fused-ring (bicyclic) bond motifs is 1. The topological polar surface area (TPSA) is 88.6 Å². The van der Waals surface area contributed by atoms with Crippen molar-refractivity contribution < 1.29 is 23.5 Å². The fraction of sp³-hybridized carbons (Fsp3) is 0.231. The van der Waals surface area contributed by atoms with Crippen molar-refractivity contribution >= 4 is 36.8 Å². The average Bonchev–Trinajstić information content (AvgIpc) is 3.07. The minimum Gasteiger partial charge on any atom is -0.458 e. The number of carbonyl (C=O) groups is 3. The SMILES string of the molecule is [B]c1c(Cc2ccc(F)cc2)cnc(C(=O)OC(C)C)c1NCCN1C(=O)c2ccccc2C1=O. The number of hydrogen-bond donors (Lipinski definition) is 1. The monoisotopic (exact) mass is 471 g/mol. The molecule has 0 atom stereocenters. The predicted molar refractivity (Wildman–Crippen MR) is 130 cm³/mol. The first-order valence-corrected chi connectivity index (χ1v) is 11.2. The second-order valence-electron chi connectivity index (χ2n) is 8.41. The summed E-state index contributed by atoms with van der Waals surface area (Å²) in [6.45, 7) is 3.64. The number of nitrogens with one attached hydrogen (secondary N) is 1. The van der Waals surface area contributed by atoms with Gasteiger partial charge in [-0.05, 0) is 55.7 Å². The molecule has 0 fully saturated rings. The Balaban J connectivity index is 1.56. The maximum absolute atomic E-state index is 13.3. The van der Waals surface area contributed by atoms with Gasteiger partial charge in [0, 0.05) is 19.3 Å². The lowest BCUT2D eigenvalue weighted by atomic mass is 9.86. The predicted octanol–water partition coefficient (Wildman–Crippen LogP) is 2.88. The van der Waals surface area contributed by atoms with Crippen LogP contribution in [0.1, 0.15) is 56.2 Å². The van der Waals surface area contributed by atoms with E-state index in [1.54, 1.807) is 50.2 Å². The van der Waals surface area contributed by atoms with E-state index in [1.165, 1.54) is 18.3 Å². The van der Waals surface area contributed by atoms with Gasteiger partial charge in [-0.25, -0.2) is 14.2 Å². The summed E-state index contributed by atoms with van der Waals surface area (Å²) in [5.74, 6) is -1.74. The molecule has 3 aromatic rings. The molecule has 1 aromatic heterocycles. The van der Waals surface area contributed by atoms with E-state index in [4.69, 9.17) is 12.6 Å². The normalized spacial score (nSPS) is 12.7. The van der Waals surface area contributed by atoms with Crippen molar-refractivity contribution in [3.63, 3.8) is 0 Å². The van der Waals surface area contributed by atoms with Gasteiger partial charge in [0.25, 0.3) is 11.8 Å². The first-order chi connectivity index (χ1) is 16.8. The van der Waals surface area contributed by atoms with Crippen molar-refractivity contribution in [2.45, 2.75) is 26.4 Å². The summed E-state index contributed by atoms with van der Waals surface area (Å²) in [7, 11) is 6.42. The van der Waals surface area contributed by atoms with Crippen LogP contribution in [0.4, 0.5) is 10.1 Å². The number of esters is 1. The molecule has 2 radical (unpaired) electrons. The zero-order valence-electron chi connectivity index (χ0n) is 19.4. The third kappa shape index (κ3) is 5.08. The van der Waals surface area contributed by atoms with Crippen LogP contribution >= 0.6 is 0 Å². The summed E-state index contributed by atoms with van der Waals surface area (Å²) < 4.78 is 18.6. The van der Waals surface area contributed by atoms with E-state index in [0.717, 1.165) is 10.5 Å². The summed E-state index contributed by atoms with van der Waals surface area (Å²) in [4.78, 5) is 43.4. The molecule has 9 heteroatoms. The molecule has 35 heavy (non-hydrogen) atoms. The van der Waals surface area contributed by atoms with Crippen LogP contribution in [0.2, 0.25) is 0 Å². The van der Waals surface area contributed by atoms with E-state index < -0.39 is 5.97 Å². The maximum atomic E-state index is 13.3. The standard InChI is InChI=1S/C26H23BFN3O4/c1-15(2)35-26(34)23-22(21(27)17(14-30-23)13-16-7-9-18(28)10-8-16)29-11-12-31-24(32)19-5-3-4-6-20(19)25(31)33/h3-10,14-15,29H,11-13H2,1-2H3. The number of anilines is 1. The molecule has 1 N–H and O–H groups in total. The van der Waals surface area contributed by atoms with Crippen molar-refractivity contribution in [1.29, 1.82) is 0 Å². The Kier molecular flexibility index (Phi) is 6.96. The largest absolute Gasteiger partial charge is 0.458 e. The summed E-state index contributed by atoms with van der Waals surface area (Å²) in [6, 6.07) is 12.6. The molecule has 0 unspecified atom stereocenters. The lowest BCUT2D eigenvalue weighted by molar-refractivity contribution is 0.0371. The zero-order chi connectivity index (χ0) is 25.1. The molecule has 0 aliphatic carbocycles. The van der Waals surface area contributed by atoms with E-state index in [2.05, 4.69) is 10.3 Å². The highest BCUT2D eigenvalue weighted by molar-refractivity contribution is 6.37. The molecule has 1 aliphatic rings. The average molecular weight is 471 g/mol. The molecule has 7 nitrogen and oxygen atoms in total. The smallest absolute Gasteiger partial charge is 0.359 e. The first kappa shape index (κ1) is 24.1. The maximum Gasteiger partial charge on any atom is 0.359 e. The van der Waals surface area contributed by atoms with Gasteiger partial charge in [0.05, 0.1) is 22.9 Å². The summed E-state index contributed by atoms with van der Waals surface area (Å²) >= 11 is 0. The van der Waals surface area contributed by atoms with Gasteiger partial charge in [-0.3, -0.25) is 14.5 Å². The van der Waals surface area contributed by atoms with Gasteiger partial charge in [0.15, 0.2) is 5.69 Å². The van der Waals surface area contributed by atoms with E-state index in [1.807, 2.05) is 0 Å². The van der Waals surface area contributed by atoms with Gasteiger partial charge in [0.1, 0.15) is 13.7 Å². The third-order valence-corrected chi connectivity index (χ3v) is 5.56.